The molecule has 0 aliphatic heterocycles. The highest BCUT2D eigenvalue weighted by atomic mass is 32.1. The van der Waals surface area contributed by atoms with Gasteiger partial charge in [0.1, 0.15) is 0 Å². The summed E-state index contributed by atoms with van der Waals surface area (Å²) in [6.45, 7) is 0. The molecule has 11 aromatic carbocycles. The Morgan fingerprint density at radius 3 is 1.71 bits per heavy atom. The third kappa shape index (κ3) is 5.16. The molecule has 0 radical (unpaired) electrons. The third-order valence-corrected chi connectivity index (χ3v) is 13.1. The van der Waals surface area contributed by atoms with Gasteiger partial charge in [0.25, 0.3) is 0 Å². The smallest absolute Gasteiger partial charge is 0.0555 e. The molecule has 0 aliphatic carbocycles. The van der Waals surface area contributed by atoms with E-state index in [9.17, 15) is 0 Å². The maximum Gasteiger partial charge on any atom is 0.0555 e. The highest BCUT2D eigenvalue weighted by Gasteiger charge is 2.22. The summed E-state index contributed by atoms with van der Waals surface area (Å²) >= 11 is 1.88. The summed E-state index contributed by atoms with van der Waals surface area (Å²) in [6.07, 6.45) is 0. The summed E-state index contributed by atoms with van der Waals surface area (Å²) in [5, 5.41) is 15.1. The molecule has 0 fully saturated rings. The molecule has 0 saturated carbocycles. The molecule has 0 N–H and O–H groups in total. The van der Waals surface area contributed by atoms with E-state index in [0.717, 1.165) is 11.4 Å². The summed E-state index contributed by atoms with van der Waals surface area (Å²) in [4.78, 5) is 2.50. The molecule has 0 amide bonds. The zero-order chi connectivity index (χ0) is 38.2. The first-order valence-electron chi connectivity index (χ1n) is 19.9. The second kappa shape index (κ2) is 13.2. The van der Waals surface area contributed by atoms with Gasteiger partial charge in [-0.05, 0) is 119 Å². The Kier molecular flexibility index (Phi) is 7.47. The molecule has 1 nitrogen and oxygen atoms in total. The molecule has 1 aromatic heterocycles. The first kappa shape index (κ1) is 32.9. The van der Waals surface area contributed by atoms with E-state index >= 15 is 0 Å². The quantitative estimate of drug-likeness (QED) is 0.158. The van der Waals surface area contributed by atoms with Crippen LogP contribution in [0.5, 0.6) is 0 Å². The zero-order valence-corrected chi connectivity index (χ0v) is 32.4. The molecule has 12 aromatic rings. The Balaban J connectivity index is 1.12. The largest absolute Gasteiger partial charge is 0.309 e. The van der Waals surface area contributed by atoms with Crippen LogP contribution < -0.4 is 4.90 Å². The van der Waals surface area contributed by atoms with Gasteiger partial charge < -0.3 is 4.90 Å². The minimum atomic E-state index is 1.12. The summed E-state index contributed by atoms with van der Waals surface area (Å²) in [5.41, 5.74) is 8.37. The number of thiophene rings is 1. The van der Waals surface area contributed by atoms with Crippen LogP contribution in [0.4, 0.5) is 17.1 Å². The van der Waals surface area contributed by atoms with Gasteiger partial charge in [0.15, 0.2) is 0 Å². The van der Waals surface area contributed by atoms with E-state index in [-0.39, 0.29) is 0 Å². The van der Waals surface area contributed by atoms with E-state index < -0.39 is 0 Å². The number of nitrogens with zero attached hydrogens (tertiary/aromatic N) is 1. The second-order valence-corrected chi connectivity index (χ2v) is 16.3. The maximum atomic E-state index is 2.50. The summed E-state index contributed by atoms with van der Waals surface area (Å²) < 4.78 is 2.58. The molecule has 0 atom stereocenters. The van der Waals surface area contributed by atoms with Gasteiger partial charge in [0.2, 0.25) is 0 Å². The van der Waals surface area contributed by atoms with Gasteiger partial charge in [0.05, 0.1) is 11.4 Å². The standard InChI is InChI=1S/C56H35NS/c1-2-15-39-35-55-51(33-38(39)14-1)56-53(27-12-28-54(56)58-55)57(41-31-29-37(30-32-41)43-22-9-17-36-13-3-5-18-42(36)43)52-26-11-24-46-48(23-10-25-49(46)52)50-34-40-16-4-6-19-44(40)45-20-7-8-21-47(45)50/h1-35H. The highest BCUT2D eigenvalue weighted by Crippen LogP contribution is 2.49. The van der Waals surface area contributed by atoms with E-state index in [2.05, 4.69) is 217 Å². The number of hydrogen-bond acceptors (Lipinski definition) is 2. The summed E-state index contributed by atoms with van der Waals surface area (Å²) in [7, 11) is 0. The van der Waals surface area contributed by atoms with Crippen molar-refractivity contribution in [2.45, 2.75) is 0 Å². The first-order chi connectivity index (χ1) is 28.8. The predicted molar refractivity (Wildman–Crippen MR) is 252 cm³/mol. The van der Waals surface area contributed by atoms with E-state index in [4.69, 9.17) is 0 Å². The van der Waals surface area contributed by atoms with Gasteiger partial charge in [-0.1, -0.05) is 164 Å². The van der Waals surface area contributed by atoms with Crippen molar-refractivity contribution in [2.24, 2.45) is 0 Å². The molecule has 2 heteroatoms. The van der Waals surface area contributed by atoms with Crippen molar-refractivity contribution in [2.75, 3.05) is 4.90 Å². The molecule has 0 saturated heterocycles. The number of benzene rings is 11. The van der Waals surface area contributed by atoms with Crippen LogP contribution in [0, 0.1) is 0 Å². The molecule has 0 aliphatic rings. The minimum Gasteiger partial charge on any atom is -0.309 e. The Morgan fingerprint density at radius 1 is 0.293 bits per heavy atom. The first-order valence-corrected chi connectivity index (χ1v) is 20.7. The molecule has 58 heavy (non-hydrogen) atoms. The fourth-order valence-electron chi connectivity index (χ4n) is 9.35. The van der Waals surface area contributed by atoms with Crippen LogP contribution in [0.2, 0.25) is 0 Å². The Morgan fingerprint density at radius 2 is 0.862 bits per heavy atom. The van der Waals surface area contributed by atoms with E-state index in [1.165, 1.54) is 102 Å². The summed E-state index contributed by atoms with van der Waals surface area (Å²) in [5.74, 6) is 0. The van der Waals surface area contributed by atoms with Crippen LogP contribution in [-0.2, 0) is 0 Å². The van der Waals surface area contributed by atoms with Gasteiger partial charge in [-0.3, -0.25) is 0 Å². The second-order valence-electron chi connectivity index (χ2n) is 15.2. The van der Waals surface area contributed by atoms with Crippen LogP contribution in [0.1, 0.15) is 0 Å². The molecule has 0 bridgehead atoms. The molecule has 0 unspecified atom stereocenters. The number of rotatable bonds is 5. The monoisotopic (exact) mass is 753 g/mol. The zero-order valence-electron chi connectivity index (χ0n) is 31.6. The van der Waals surface area contributed by atoms with Crippen LogP contribution in [0.25, 0.3) is 96.3 Å². The molecule has 1 heterocycles. The molecular weight excluding hydrogens is 719 g/mol. The topological polar surface area (TPSA) is 3.24 Å². The third-order valence-electron chi connectivity index (χ3n) is 12.0. The predicted octanol–water partition coefficient (Wildman–Crippen LogP) is 16.6. The molecule has 0 spiro atoms. The fraction of sp³-hybridized carbons (Fsp3) is 0. The van der Waals surface area contributed by atoms with Crippen molar-refractivity contribution in [3.8, 4) is 22.3 Å². The molecule has 12 rings (SSSR count). The maximum absolute atomic E-state index is 2.50. The van der Waals surface area contributed by atoms with E-state index in [0.29, 0.717) is 0 Å². The SMILES string of the molecule is c1ccc2cc3c(cc2c1)sc1cccc(N(c2ccc(-c4cccc5ccccc45)cc2)c2cccc4c(-c5cc6ccccc6c6ccccc56)cccc24)c13. The molecule has 270 valence electrons. The van der Waals surface area contributed by atoms with Crippen LogP contribution in [0.15, 0.2) is 212 Å². The molecular formula is C56H35NS. The average Bonchev–Trinajstić information content (AvgIpc) is 3.66. The summed E-state index contributed by atoms with van der Waals surface area (Å²) in [6, 6.07) is 78.4. The average molecular weight is 754 g/mol. The van der Waals surface area contributed by atoms with Gasteiger partial charge in [-0.2, -0.15) is 0 Å². The lowest BCUT2D eigenvalue weighted by Crippen LogP contribution is -2.11. The van der Waals surface area contributed by atoms with Gasteiger partial charge in [0, 0.05) is 31.2 Å². The lowest BCUT2D eigenvalue weighted by atomic mass is 9.90. The Hall–Kier alpha value is -7.26. The fourth-order valence-corrected chi connectivity index (χ4v) is 10.5. The van der Waals surface area contributed by atoms with Crippen molar-refractivity contribution < 1.29 is 0 Å². The normalized spacial score (nSPS) is 11.8. The van der Waals surface area contributed by atoms with Crippen molar-refractivity contribution >= 4 is 102 Å². The van der Waals surface area contributed by atoms with Crippen molar-refractivity contribution in [3.05, 3.63) is 212 Å². The van der Waals surface area contributed by atoms with Crippen LogP contribution in [0.3, 0.4) is 0 Å². The van der Waals surface area contributed by atoms with E-state index in [1.807, 2.05) is 11.3 Å². The number of fused-ring (bicyclic) bond motifs is 9. The Labute approximate surface area is 340 Å². The Bertz CT molecular complexity index is 3570. The number of hydrogen-bond donors (Lipinski definition) is 0. The van der Waals surface area contributed by atoms with Gasteiger partial charge >= 0.3 is 0 Å². The van der Waals surface area contributed by atoms with Crippen LogP contribution >= 0.6 is 11.3 Å². The van der Waals surface area contributed by atoms with Crippen molar-refractivity contribution in [1.29, 1.82) is 0 Å². The number of anilines is 3. The van der Waals surface area contributed by atoms with Crippen LogP contribution in [-0.4, -0.2) is 0 Å². The lowest BCUT2D eigenvalue weighted by molar-refractivity contribution is 1.32. The van der Waals surface area contributed by atoms with Crippen molar-refractivity contribution in [3.63, 3.8) is 0 Å². The van der Waals surface area contributed by atoms with E-state index in [1.54, 1.807) is 0 Å². The van der Waals surface area contributed by atoms with Gasteiger partial charge in [-0.25, -0.2) is 0 Å². The minimum absolute atomic E-state index is 1.12. The highest BCUT2D eigenvalue weighted by molar-refractivity contribution is 7.26. The van der Waals surface area contributed by atoms with Crippen molar-refractivity contribution in [1.82, 2.24) is 0 Å². The van der Waals surface area contributed by atoms with Gasteiger partial charge in [-0.15, -0.1) is 11.3 Å². The lowest BCUT2D eigenvalue weighted by Gasteiger charge is -2.28.